The van der Waals surface area contributed by atoms with Crippen molar-refractivity contribution in [2.24, 2.45) is 5.92 Å². The van der Waals surface area contributed by atoms with Gasteiger partial charge in [0.15, 0.2) is 6.61 Å². The number of rotatable bonds is 9. The van der Waals surface area contributed by atoms with Crippen LogP contribution in [0.5, 0.6) is 5.75 Å². The second-order valence-electron chi connectivity index (χ2n) is 5.85. The number of amides is 1. The maximum absolute atomic E-state index is 12.3. The van der Waals surface area contributed by atoms with E-state index >= 15 is 0 Å². The monoisotopic (exact) mass is 321 g/mol. The van der Waals surface area contributed by atoms with Crippen LogP contribution in [0, 0.1) is 5.92 Å². The van der Waals surface area contributed by atoms with Crippen LogP contribution in [0.25, 0.3) is 0 Å². The lowest BCUT2D eigenvalue weighted by atomic mass is 10.2. The van der Waals surface area contributed by atoms with Gasteiger partial charge in [-0.05, 0) is 30.0 Å². The van der Waals surface area contributed by atoms with Crippen LogP contribution >= 0.6 is 0 Å². The van der Waals surface area contributed by atoms with Crippen molar-refractivity contribution in [1.29, 1.82) is 0 Å². The van der Waals surface area contributed by atoms with Crippen LogP contribution in [-0.4, -0.2) is 43.6 Å². The highest BCUT2D eigenvalue weighted by Crippen LogP contribution is 2.13. The van der Waals surface area contributed by atoms with E-state index in [9.17, 15) is 9.59 Å². The highest BCUT2D eigenvalue weighted by molar-refractivity contribution is 5.78. The van der Waals surface area contributed by atoms with Crippen molar-refractivity contribution in [2.45, 2.75) is 33.6 Å². The summed E-state index contributed by atoms with van der Waals surface area (Å²) >= 11 is 0. The van der Waals surface area contributed by atoms with E-state index in [1.165, 1.54) is 12.7 Å². The molecule has 1 rings (SSSR count). The molecule has 0 atom stereocenters. The summed E-state index contributed by atoms with van der Waals surface area (Å²) in [6.45, 7) is 7.06. The minimum Gasteiger partial charge on any atom is -0.484 e. The van der Waals surface area contributed by atoms with E-state index in [-0.39, 0.29) is 24.9 Å². The van der Waals surface area contributed by atoms with E-state index in [2.05, 4.69) is 11.7 Å². The second kappa shape index (κ2) is 9.87. The van der Waals surface area contributed by atoms with Gasteiger partial charge in [0.25, 0.3) is 5.91 Å². The standard InChI is InChI=1S/C18H27NO4/c1-5-15-6-8-16(9-7-15)23-13-17(20)19(12-14(2)3)11-10-18(21)22-4/h6-9,14H,5,10-13H2,1-4H3. The van der Waals surface area contributed by atoms with E-state index in [0.29, 0.717) is 24.8 Å². The molecule has 0 saturated heterocycles. The molecule has 0 aliphatic heterocycles. The van der Waals surface area contributed by atoms with Crippen molar-refractivity contribution < 1.29 is 19.1 Å². The highest BCUT2D eigenvalue weighted by atomic mass is 16.5. The third-order valence-corrected chi connectivity index (χ3v) is 3.45. The predicted octanol–water partition coefficient (Wildman–Crippen LogP) is 2.68. The number of ether oxygens (including phenoxy) is 2. The maximum atomic E-state index is 12.3. The van der Waals surface area contributed by atoms with Gasteiger partial charge in [0.05, 0.1) is 13.5 Å². The summed E-state index contributed by atoms with van der Waals surface area (Å²) in [6, 6.07) is 7.71. The minimum atomic E-state index is -0.317. The topological polar surface area (TPSA) is 55.8 Å². The molecular weight excluding hydrogens is 294 g/mol. The van der Waals surface area contributed by atoms with Crippen LogP contribution in [0.2, 0.25) is 0 Å². The quantitative estimate of drug-likeness (QED) is 0.656. The van der Waals surface area contributed by atoms with Gasteiger partial charge in [-0.3, -0.25) is 9.59 Å². The first-order valence-electron chi connectivity index (χ1n) is 8.02. The molecule has 5 heteroatoms. The first kappa shape index (κ1) is 19.0. The molecule has 0 heterocycles. The summed E-state index contributed by atoms with van der Waals surface area (Å²) in [5, 5.41) is 0. The maximum Gasteiger partial charge on any atom is 0.307 e. The zero-order valence-electron chi connectivity index (χ0n) is 14.5. The summed E-state index contributed by atoms with van der Waals surface area (Å²) in [5.41, 5.74) is 1.23. The first-order chi connectivity index (χ1) is 11.0. The number of esters is 1. The Hall–Kier alpha value is -2.04. The van der Waals surface area contributed by atoms with Crippen LogP contribution in [0.15, 0.2) is 24.3 Å². The van der Waals surface area contributed by atoms with Gasteiger partial charge in [-0.2, -0.15) is 0 Å². The van der Waals surface area contributed by atoms with Gasteiger partial charge in [-0.15, -0.1) is 0 Å². The van der Waals surface area contributed by atoms with Gasteiger partial charge in [0.2, 0.25) is 0 Å². The number of nitrogens with zero attached hydrogens (tertiary/aromatic N) is 1. The van der Waals surface area contributed by atoms with Gasteiger partial charge in [0.1, 0.15) is 5.75 Å². The number of methoxy groups -OCH3 is 1. The van der Waals surface area contributed by atoms with E-state index in [0.717, 1.165) is 6.42 Å². The molecule has 0 fully saturated rings. The molecule has 0 saturated carbocycles. The number of carbonyl (C=O) groups excluding carboxylic acids is 2. The molecule has 0 bridgehead atoms. The molecular formula is C18H27NO4. The van der Waals surface area contributed by atoms with Crippen LogP contribution < -0.4 is 4.74 Å². The van der Waals surface area contributed by atoms with Crippen molar-refractivity contribution in [2.75, 3.05) is 26.8 Å². The molecule has 0 aliphatic rings. The summed E-state index contributed by atoms with van der Waals surface area (Å²) in [4.78, 5) is 25.3. The molecule has 1 amide bonds. The third kappa shape index (κ3) is 7.17. The Kier molecular flexibility index (Phi) is 8.16. The molecule has 5 nitrogen and oxygen atoms in total. The smallest absolute Gasteiger partial charge is 0.307 e. The Bertz CT molecular complexity index is 496. The molecule has 1 aromatic rings. The largest absolute Gasteiger partial charge is 0.484 e. The first-order valence-corrected chi connectivity index (χ1v) is 8.02. The van der Waals surface area contributed by atoms with Crippen LogP contribution in [-0.2, 0) is 20.7 Å². The second-order valence-corrected chi connectivity index (χ2v) is 5.85. The fourth-order valence-corrected chi connectivity index (χ4v) is 2.14. The van der Waals surface area contributed by atoms with E-state index in [1.54, 1.807) is 4.90 Å². The van der Waals surface area contributed by atoms with E-state index in [1.807, 2.05) is 38.1 Å². The number of hydrogen-bond donors (Lipinski definition) is 0. The summed E-state index contributed by atoms with van der Waals surface area (Å²) < 4.78 is 10.2. The summed E-state index contributed by atoms with van der Waals surface area (Å²) in [7, 11) is 1.35. The molecule has 23 heavy (non-hydrogen) atoms. The van der Waals surface area contributed by atoms with Crippen LogP contribution in [0.1, 0.15) is 32.8 Å². The molecule has 0 radical (unpaired) electrons. The van der Waals surface area contributed by atoms with Crippen molar-refractivity contribution in [3.05, 3.63) is 29.8 Å². The minimum absolute atomic E-state index is 0.0284. The molecule has 0 aromatic heterocycles. The third-order valence-electron chi connectivity index (χ3n) is 3.45. The normalized spacial score (nSPS) is 10.5. The average Bonchev–Trinajstić information content (AvgIpc) is 2.56. The van der Waals surface area contributed by atoms with E-state index in [4.69, 9.17) is 4.74 Å². The highest BCUT2D eigenvalue weighted by Gasteiger charge is 2.17. The zero-order chi connectivity index (χ0) is 17.2. The molecule has 128 valence electrons. The molecule has 0 N–H and O–H groups in total. The lowest BCUT2D eigenvalue weighted by Crippen LogP contribution is -2.39. The Balaban J connectivity index is 2.55. The molecule has 0 unspecified atom stereocenters. The Morgan fingerprint density at radius 3 is 2.35 bits per heavy atom. The van der Waals surface area contributed by atoms with Gasteiger partial charge in [-0.1, -0.05) is 32.9 Å². The van der Waals surface area contributed by atoms with Crippen molar-refractivity contribution >= 4 is 11.9 Å². The van der Waals surface area contributed by atoms with Crippen molar-refractivity contribution in [3.63, 3.8) is 0 Å². The zero-order valence-corrected chi connectivity index (χ0v) is 14.5. The van der Waals surface area contributed by atoms with E-state index < -0.39 is 0 Å². The number of aryl methyl sites for hydroxylation is 1. The molecule has 0 spiro atoms. The lowest BCUT2D eigenvalue weighted by Gasteiger charge is -2.24. The summed E-state index contributed by atoms with van der Waals surface area (Å²) in [6.07, 6.45) is 1.16. The number of carbonyl (C=O) groups is 2. The Morgan fingerprint density at radius 1 is 1.17 bits per heavy atom. The van der Waals surface area contributed by atoms with Crippen molar-refractivity contribution in [3.8, 4) is 5.75 Å². The van der Waals surface area contributed by atoms with Crippen LogP contribution in [0.3, 0.4) is 0 Å². The predicted molar refractivity (Wildman–Crippen MR) is 89.4 cm³/mol. The van der Waals surface area contributed by atoms with Gasteiger partial charge in [-0.25, -0.2) is 0 Å². The number of hydrogen-bond acceptors (Lipinski definition) is 4. The SMILES string of the molecule is CCc1ccc(OCC(=O)N(CCC(=O)OC)CC(C)C)cc1. The molecule has 0 aliphatic carbocycles. The number of benzene rings is 1. The Morgan fingerprint density at radius 2 is 1.83 bits per heavy atom. The van der Waals surface area contributed by atoms with Crippen molar-refractivity contribution in [1.82, 2.24) is 4.90 Å². The van der Waals surface area contributed by atoms with Gasteiger partial charge in [0, 0.05) is 13.1 Å². The van der Waals surface area contributed by atoms with Gasteiger partial charge < -0.3 is 14.4 Å². The van der Waals surface area contributed by atoms with Gasteiger partial charge >= 0.3 is 5.97 Å². The average molecular weight is 321 g/mol. The summed E-state index contributed by atoms with van der Waals surface area (Å²) in [5.74, 6) is 0.554. The fourth-order valence-electron chi connectivity index (χ4n) is 2.14. The van der Waals surface area contributed by atoms with Crippen LogP contribution in [0.4, 0.5) is 0 Å². The fraction of sp³-hybridized carbons (Fsp3) is 0.556. The Labute approximate surface area is 138 Å². The molecule has 1 aromatic carbocycles. The lowest BCUT2D eigenvalue weighted by molar-refractivity contribution is -0.142.